The Morgan fingerprint density at radius 3 is 2.57 bits per heavy atom. The monoisotopic (exact) mass is 285 g/mol. The molecule has 2 aromatic rings. The van der Waals surface area contributed by atoms with Crippen LogP contribution in [0.1, 0.15) is 27.7 Å². The van der Waals surface area contributed by atoms with Gasteiger partial charge in [0.1, 0.15) is 0 Å². The fourth-order valence-electron chi connectivity index (χ4n) is 1.88. The van der Waals surface area contributed by atoms with Gasteiger partial charge in [-0.2, -0.15) is 0 Å². The number of aliphatic carboxylic acids is 1. The van der Waals surface area contributed by atoms with Crippen molar-refractivity contribution in [3.05, 3.63) is 65.5 Å². The van der Waals surface area contributed by atoms with Gasteiger partial charge in [0, 0.05) is 18.3 Å². The molecule has 0 bridgehead atoms. The maximum Gasteiger partial charge on any atom is 0.330 e. The Hall–Kier alpha value is -2.73. The number of carbonyl (C=O) groups is 2. The lowest BCUT2D eigenvalue weighted by atomic mass is 10.1. The van der Waals surface area contributed by atoms with Gasteiger partial charge in [-0.25, -0.2) is 4.79 Å². The average molecular weight is 285 g/mol. The molecule has 1 heterocycles. The second kappa shape index (κ2) is 6.62. The Balaban J connectivity index is 2.21. The molecule has 21 heavy (non-hydrogen) atoms. The molecule has 1 aromatic heterocycles. The molecule has 0 aliphatic rings. The van der Waals surface area contributed by atoms with Gasteiger partial charge in [0.2, 0.25) is 0 Å². The minimum Gasteiger partial charge on any atom is -0.479 e. The summed E-state index contributed by atoms with van der Waals surface area (Å²) in [5.74, 6) is -1.61. The highest BCUT2D eigenvalue weighted by atomic mass is 16.4. The first-order valence-corrected chi connectivity index (χ1v) is 6.35. The number of pyridine rings is 1. The highest BCUT2D eigenvalue weighted by Gasteiger charge is 2.22. The van der Waals surface area contributed by atoms with Crippen molar-refractivity contribution in [1.82, 2.24) is 10.3 Å². The average Bonchev–Trinajstić information content (AvgIpc) is 2.53. The van der Waals surface area contributed by atoms with E-state index in [2.05, 4.69) is 10.3 Å². The van der Waals surface area contributed by atoms with Crippen LogP contribution < -0.4 is 11.1 Å². The second-order valence-electron chi connectivity index (χ2n) is 4.40. The molecule has 2 rings (SSSR count). The summed E-state index contributed by atoms with van der Waals surface area (Å²) >= 11 is 0. The van der Waals surface area contributed by atoms with Gasteiger partial charge in [-0.3, -0.25) is 9.78 Å². The second-order valence-corrected chi connectivity index (χ2v) is 4.40. The SMILES string of the molecule is NCc1cc(C(=O)N[C@@H](C(=O)O)c2ccccc2)ccn1. The Labute approximate surface area is 121 Å². The molecule has 0 radical (unpaired) electrons. The first-order chi connectivity index (χ1) is 10.1. The molecule has 4 N–H and O–H groups in total. The number of nitrogens with one attached hydrogen (secondary N) is 1. The van der Waals surface area contributed by atoms with E-state index in [1.807, 2.05) is 0 Å². The van der Waals surface area contributed by atoms with E-state index in [0.29, 0.717) is 16.8 Å². The summed E-state index contributed by atoms with van der Waals surface area (Å²) in [6.45, 7) is 0.210. The molecule has 1 atom stereocenters. The molecule has 0 unspecified atom stereocenters. The van der Waals surface area contributed by atoms with E-state index in [1.54, 1.807) is 36.4 Å². The number of rotatable bonds is 5. The van der Waals surface area contributed by atoms with Crippen LogP contribution in [-0.4, -0.2) is 22.0 Å². The summed E-state index contributed by atoms with van der Waals surface area (Å²) in [5.41, 5.74) is 6.87. The fraction of sp³-hybridized carbons (Fsp3) is 0.133. The zero-order chi connectivity index (χ0) is 15.2. The van der Waals surface area contributed by atoms with Crippen molar-refractivity contribution in [2.45, 2.75) is 12.6 Å². The van der Waals surface area contributed by atoms with Gasteiger partial charge >= 0.3 is 5.97 Å². The minimum absolute atomic E-state index is 0.210. The number of amides is 1. The number of hydrogen-bond donors (Lipinski definition) is 3. The first-order valence-electron chi connectivity index (χ1n) is 6.35. The number of hydrogen-bond acceptors (Lipinski definition) is 4. The number of nitrogens with two attached hydrogens (primary N) is 1. The Kier molecular flexibility index (Phi) is 4.63. The third-order valence-electron chi connectivity index (χ3n) is 2.94. The van der Waals surface area contributed by atoms with Crippen LogP contribution in [-0.2, 0) is 11.3 Å². The summed E-state index contributed by atoms with van der Waals surface area (Å²) in [5, 5.41) is 11.8. The topological polar surface area (TPSA) is 105 Å². The third kappa shape index (κ3) is 3.64. The standard InChI is InChI=1S/C15H15N3O3/c16-9-12-8-11(6-7-17-12)14(19)18-13(15(20)21)10-4-2-1-3-5-10/h1-8,13H,9,16H2,(H,18,19)(H,20,21)/t13-/m1/s1. The van der Waals surface area contributed by atoms with Crippen molar-refractivity contribution < 1.29 is 14.7 Å². The van der Waals surface area contributed by atoms with Crippen LogP contribution in [0.3, 0.4) is 0 Å². The number of carboxylic acids is 1. The van der Waals surface area contributed by atoms with Gasteiger partial charge in [-0.1, -0.05) is 30.3 Å². The van der Waals surface area contributed by atoms with Gasteiger partial charge in [-0.15, -0.1) is 0 Å². The lowest BCUT2D eigenvalue weighted by Gasteiger charge is -2.15. The van der Waals surface area contributed by atoms with E-state index in [4.69, 9.17) is 5.73 Å². The zero-order valence-electron chi connectivity index (χ0n) is 11.2. The van der Waals surface area contributed by atoms with Crippen molar-refractivity contribution in [1.29, 1.82) is 0 Å². The molecule has 1 amide bonds. The third-order valence-corrected chi connectivity index (χ3v) is 2.94. The van der Waals surface area contributed by atoms with E-state index >= 15 is 0 Å². The number of aromatic nitrogens is 1. The normalized spacial score (nSPS) is 11.7. The zero-order valence-corrected chi connectivity index (χ0v) is 11.2. The van der Waals surface area contributed by atoms with Crippen LogP contribution in [0.15, 0.2) is 48.7 Å². The molecule has 108 valence electrons. The predicted octanol–water partition coefficient (Wildman–Crippen LogP) is 1.10. The fourth-order valence-corrected chi connectivity index (χ4v) is 1.88. The number of carboxylic acid groups (broad SMARTS) is 1. The molecule has 0 saturated carbocycles. The lowest BCUT2D eigenvalue weighted by molar-refractivity contribution is -0.139. The van der Waals surface area contributed by atoms with Crippen LogP contribution in [0.5, 0.6) is 0 Å². The van der Waals surface area contributed by atoms with Crippen molar-refractivity contribution in [2.75, 3.05) is 0 Å². The van der Waals surface area contributed by atoms with E-state index < -0.39 is 17.9 Å². The number of benzene rings is 1. The molecule has 6 heteroatoms. The van der Waals surface area contributed by atoms with Gasteiger partial charge in [0.25, 0.3) is 5.91 Å². The molecular formula is C15H15N3O3. The van der Waals surface area contributed by atoms with Crippen LogP contribution in [0.2, 0.25) is 0 Å². The highest BCUT2D eigenvalue weighted by Crippen LogP contribution is 2.14. The molecule has 6 nitrogen and oxygen atoms in total. The molecule has 0 aliphatic carbocycles. The quantitative estimate of drug-likeness (QED) is 0.762. The summed E-state index contributed by atoms with van der Waals surface area (Å²) in [7, 11) is 0. The van der Waals surface area contributed by atoms with Crippen molar-refractivity contribution >= 4 is 11.9 Å². The molecule has 0 saturated heterocycles. The van der Waals surface area contributed by atoms with E-state index in [1.165, 1.54) is 12.3 Å². The molecule has 1 aromatic carbocycles. The van der Waals surface area contributed by atoms with Crippen LogP contribution in [0, 0.1) is 0 Å². The summed E-state index contributed by atoms with van der Waals surface area (Å²) in [4.78, 5) is 27.5. The number of nitrogens with zero attached hydrogens (tertiary/aromatic N) is 1. The van der Waals surface area contributed by atoms with Crippen molar-refractivity contribution in [3.8, 4) is 0 Å². The maximum absolute atomic E-state index is 12.2. The van der Waals surface area contributed by atoms with Gasteiger partial charge in [0.15, 0.2) is 6.04 Å². The molecule has 0 aliphatic heterocycles. The van der Waals surface area contributed by atoms with Gasteiger partial charge < -0.3 is 16.2 Å². The van der Waals surface area contributed by atoms with Crippen LogP contribution in [0.25, 0.3) is 0 Å². The smallest absolute Gasteiger partial charge is 0.330 e. The Morgan fingerprint density at radius 2 is 1.95 bits per heavy atom. The summed E-state index contributed by atoms with van der Waals surface area (Å²) < 4.78 is 0. The molecule has 0 spiro atoms. The Morgan fingerprint density at radius 1 is 1.24 bits per heavy atom. The number of carbonyl (C=O) groups excluding carboxylic acids is 1. The first kappa shape index (κ1) is 14.7. The Bertz CT molecular complexity index is 644. The lowest BCUT2D eigenvalue weighted by Crippen LogP contribution is -2.33. The van der Waals surface area contributed by atoms with Crippen LogP contribution >= 0.6 is 0 Å². The van der Waals surface area contributed by atoms with E-state index in [9.17, 15) is 14.7 Å². The maximum atomic E-state index is 12.2. The van der Waals surface area contributed by atoms with E-state index in [-0.39, 0.29) is 6.54 Å². The van der Waals surface area contributed by atoms with E-state index in [0.717, 1.165) is 0 Å². The van der Waals surface area contributed by atoms with Crippen molar-refractivity contribution in [3.63, 3.8) is 0 Å². The largest absolute Gasteiger partial charge is 0.479 e. The minimum atomic E-state index is -1.12. The summed E-state index contributed by atoms with van der Waals surface area (Å²) in [6.07, 6.45) is 1.47. The molecule has 0 fully saturated rings. The van der Waals surface area contributed by atoms with Crippen LogP contribution in [0.4, 0.5) is 0 Å². The highest BCUT2D eigenvalue weighted by molar-refractivity contribution is 5.96. The molecular weight excluding hydrogens is 270 g/mol. The van der Waals surface area contributed by atoms with Gasteiger partial charge in [-0.05, 0) is 17.7 Å². The van der Waals surface area contributed by atoms with Crippen molar-refractivity contribution in [2.24, 2.45) is 5.73 Å². The summed E-state index contributed by atoms with van der Waals surface area (Å²) in [6, 6.07) is 10.5. The van der Waals surface area contributed by atoms with Gasteiger partial charge in [0.05, 0.1) is 5.69 Å². The predicted molar refractivity (Wildman–Crippen MR) is 76.4 cm³/mol.